The van der Waals surface area contributed by atoms with Gasteiger partial charge in [0.1, 0.15) is 12.1 Å². The van der Waals surface area contributed by atoms with Crippen molar-refractivity contribution >= 4 is 33.3 Å². The monoisotopic (exact) mass is 366 g/mol. The molecule has 0 spiro atoms. The number of halogens is 1. The highest BCUT2D eigenvalue weighted by Gasteiger charge is 2.13. The van der Waals surface area contributed by atoms with Gasteiger partial charge in [-0.25, -0.2) is 14.4 Å². The van der Waals surface area contributed by atoms with E-state index in [1.807, 2.05) is 0 Å². The van der Waals surface area contributed by atoms with Crippen molar-refractivity contribution in [2.45, 2.75) is 0 Å². The molecule has 0 aliphatic rings. The zero-order valence-corrected chi connectivity index (χ0v) is 14.0. The van der Waals surface area contributed by atoms with Crippen LogP contribution in [-0.4, -0.2) is 20.4 Å². The van der Waals surface area contributed by atoms with E-state index in [4.69, 9.17) is 0 Å². The van der Waals surface area contributed by atoms with Gasteiger partial charge in [0, 0.05) is 17.1 Å². The van der Waals surface area contributed by atoms with Crippen LogP contribution in [0.4, 0.5) is 9.52 Å². The Labute approximate surface area is 150 Å². The molecule has 1 amide bonds. The highest BCUT2D eigenvalue weighted by molar-refractivity contribution is 7.13. The number of benzene rings is 2. The summed E-state index contributed by atoms with van der Waals surface area (Å²) in [7, 11) is 0. The Kier molecular flexibility index (Phi) is 4.02. The molecule has 0 atom stereocenters. The van der Waals surface area contributed by atoms with Crippen molar-refractivity contribution in [3.05, 3.63) is 82.1 Å². The average molecular weight is 366 g/mol. The van der Waals surface area contributed by atoms with E-state index in [1.54, 1.807) is 23.7 Å². The number of anilines is 1. The Hall–Kier alpha value is -3.39. The van der Waals surface area contributed by atoms with Crippen molar-refractivity contribution < 1.29 is 9.18 Å². The summed E-state index contributed by atoms with van der Waals surface area (Å²) >= 11 is 1.31. The second-order valence-corrected chi connectivity index (χ2v) is 6.29. The molecule has 0 saturated carbocycles. The first kappa shape index (κ1) is 16.1. The van der Waals surface area contributed by atoms with Crippen molar-refractivity contribution in [2.24, 2.45) is 0 Å². The summed E-state index contributed by atoms with van der Waals surface area (Å²) in [5, 5.41) is 5.20. The molecule has 0 unspecified atom stereocenters. The summed E-state index contributed by atoms with van der Waals surface area (Å²) in [6, 6.07) is 10.5. The Balaban J connectivity index is 1.75. The summed E-state index contributed by atoms with van der Waals surface area (Å²) in [6.45, 7) is 0. The number of rotatable bonds is 3. The lowest BCUT2D eigenvalue weighted by atomic mass is 10.1. The molecule has 0 bridgehead atoms. The lowest BCUT2D eigenvalue weighted by Gasteiger charge is -2.08. The summed E-state index contributed by atoms with van der Waals surface area (Å²) < 4.78 is 15.1. The number of fused-ring (bicyclic) bond motifs is 1. The number of para-hydroxylation sites is 1. The fourth-order valence-corrected chi connectivity index (χ4v) is 3.06. The van der Waals surface area contributed by atoms with Gasteiger partial charge in [-0.15, -0.1) is 11.3 Å². The van der Waals surface area contributed by atoms with E-state index < -0.39 is 11.4 Å². The van der Waals surface area contributed by atoms with E-state index in [9.17, 15) is 14.0 Å². The van der Waals surface area contributed by atoms with Gasteiger partial charge in [-0.3, -0.25) is 19.5 Å². The van der Waals surface area contributed by atoms with Crippen LogP contribution < -0.4 is 10.9 Å². The predicted octanol–water partition coefficient (Wildman–Crippen LogP) is 3.23. The smallest absolute Gasteiger partial charge is 0.265 e. The molecule has 4 aromatic rings. The van der Waals surface area contributed by atoms with Gasteiger partial charge in [-0.05, 0) is 30.3 Å². The van der Waals surface area contributed by atoms with Gasteiger partial charge in [-0.2, -0.15) is 0 Å². The minimum absolute atomic E-state index is 0.123. The van der Waals surface area contributed by atoms with Gasteiger partial charge < -0.3 is 0 Å². The Morgan fingerprint density at radius 1 is 1.15 bits per heavy atom. The summed E-state index contributed by atoms with van der Waals surface area (Å²) in [5.41, 5.74) is 0.419. The van der Waals surface area contributed by atoms with E-state index in [0.29, 0.717) is 21.6 Å². The topological polar surface area (TPSA) is 76.9 Å². The van der Waals surface area contributed by atoms with Gasteiger partial charge in [0.15, 0.2) is 5.13 Å². The SMILES string of the molecule is O=C(Nc1nccs1)c1ccc2c(=O)n(-c3ccccc3F)cnc2c1. The molecule has 0 radical (unpaired) electrons. The lowest BCUT2D eigenvalue weighted by molar-refractivity contribution is 0.102. The van der Waals surface area contributed by atoms with Crippen LogP contribution in [0, 0.1) is 5.82 Å². The van der Waals surface area contributed by atoms with Crippen molar-refractivity contribution in [1.29, 1.82) is 0 Å². The fourth-order valence-electron chi connectivity index (χ4n) is 2.54. The molecule has 26 heavy (non-hydrogen) atoms. The predicted molar refractivity (Wildman–Crippen MR) is 97.4 cm³/mol. The minimum Gasteiger partial charge on any atom is -0.298 e. The van der Waals surface area contributed by atoms with Crippen molar-refractivity contribution in [3.63, 3.8) is 0 Å². The first-order chi connectivity index (χ1) is 12.6. The second-order valence-electron chi connectivity index (χ2n) is 5.39. The molecular formula is C18H11FN4O2S. The molecule has 2 aromatic heterocycles. The van der Waals surface area contributed by atoms with Crippen LogP contribution in [0.15, 0.2) is 65.2 Å². The molecule has 2 aromatic carbocycles. The van der Waals surface area contributed by atoms with Gasteiger partial charge in [0.05, 0.1) is 16.6 Å². The maximum absolute atomic E-state index is 14.0. The summed E-state index contributed by atoms with van der Waals surface area (Å²) in [5.74, 6) is -0.864. The van der Waals surface area contributed by atoms with Crippen LogP contribution in [-0.2, 0) is 0 Å². The molecule has 8 heteroatoms. The largest absolute Gasteiger partial charge is 0.298 e. The Morgan fingerprint density at radius 2 is 2.00 bits per heavy atom. The molecule has 2 heterocycles. The van der Waals surface area contributed by atoms with Gasteiger partial charge in [0.25, 0.3) is 11.5 Å². The number of hydrogen-bond donors (Lipinski definition) is 1. The second kappa shape index (κ2) is 6.49. The van der Waals surface area contributed by atoms with E-state index in [0.717, 1.165) is 4.57 Å². The van der Waals surface area contributed by atoms with Crippen LogP contribution in [0.3, 0.4) is 0 Å². The first-order valence-electron chi connectivity index (χ1n) is 7.60. The summed E-state index contributed by atoms with van der Waals surface area (Å²) in [6.07, 6.45) is 2.85. The van der Waals surface area contributed by atoms with Crippen LogP contribution >= 0.6 is 11.3 Å². The maximum atomic E-state index is 14.0. The van der Waals surface area contributed by atoms with Gasteiger partial charge >= 0.3 is 0 Å². The van der Waals surface area contributed by atoms with Gasteiger partial charge in [-0.1, -0.05) is 12.1 Å². The number of nitrogens with one attached hydrogen (secondary N) is 1. The van der Waals surface area contributed by atoms with Crippen molar-refractivity contribution in [3.8, 4) is 5.69 Å². The number of aromatic nitrogens is 3. The fraction of sp³-hybridized carbons (Fsp3) is 0. The van der Waals surface area contributed by atoms with E-state index in [1.165, 1.54) is 48.0 Å². The van der Waals surface area contributed by atoms with Crippen LogP contribution in [0.25, 0.3) is 16.6 Å². The highest BCUT2D eigenvalue weighted by Crippen LogP contribution is 2.16. The number of carbonyl (C=O) groups excluding carboxylic acids is 1. The van der Waals surface area contributed by atoms with Crippen LogP contribution in [0.2, 0.25) is 0 Å². The summed E-state index contributed by atoms with van der Waals surface area (Å²) in [4.78, 5) is 33.1. The zero-order chi connectivity index (χ0) is 18.1. The van der Waals surface area contributed by atoms with Crippen LogP contribution in [0.5, 0.6) is 0 Å². The van der Waals surface area contributed by atoms with Crippen molar-refractivity contribution in [2.75, 3.05) is 5.32 Å². The zero-order valence-electron chi connectivity index (χ0n) is 13.2. The number of nitrogens with zero attached hydrogens (tertiary/aromatic N) is 3. The van der Waals surface area contributed by atoms with Crippen molar-refractivity contribution in [1.82, 2.24) is 14.5 Å². The van der Waals surface area contributed by atoms with Crippen LogP contribution in [0.1, 0.15) is 10.4 Å². The Bertz CT molecular complexity index is 1170. The Morgan fingerprint density at radius 3 is 2.77 bits per heavy atom. The van der Waals surface area contributed by atoms with E-state index in [-0.39, 0.29) is 11.6 Å². The molecule has 0 aliphatic carbocycles. The first-order valence-corrected chi connectivity index (χ1v) is 8.48. The number of amides is 1. The quantitative estimate of drug-likeness (QED) is 0.604. The number of hydrogen-bond acceptors (Lipinski definition) is 5. The molecule has 0 saturated heterocycles. The molecule has 1 N–H and O–H groups in total. The number of carbonyl (C=O) groups is 1. The van der Waals surface area contributed by atoms with E-state index >= 15 is 0 Å². The molecule has 128 valence electrons. The van der Waals surface area contributed by atoms with E-state index in [2.05, 4.69) is 15.3 Å². The van der Waals surface area contributed by atoms with Gasteiger partial charge in [0.2, 0.25) is 0 Å². The molecular weight excluding hydrogens is 355 g/mol. The molecule has 4 rings (SSSR count). The third kappa shape index (κ3) is 2.86. The molecule has 0 aliphatic heterocycles. The standard InChI is InChI=1S/C18H11FN4O2S/c19-13-3-1-2-4-15(13)23-10-21-14-9-11(5-6-12(14)17(23)25)16(24)22-18-20-7-8-26-18/h1-10H,(H,20,22,24). The average Bonchev–Trinajstić information content (AvgIpc) is 3.15. The third-order valence-corrected chi connectivity index (χ3v) is 4.47. The molecule has 6 nitrogen and oxygen atoms in total. The number of thiazole rings is 1. The minimum atomic E-state index is -0.518. The lowest BCUT2D eigenvalue weighted by Crippen LogP contribution is -2.20. The normalized spacial score (nSPS) is 10.8. The molecule has 0 fully saturated rings. The maximum Gasteiger partial charge on any atom is 0.265 e. The third-order valence-electron chi connectivity index (χ3n) is 3.79. The highest BCUT2D eigenvalue weighted by atomic mass is 32.1.